The molecule has 106 valence electrons. The summed E-state index contributed by atoms with van der Waals surface area (Å²) >= 11 is 6.16. The van der Waals surface area contributed by atoms with Gasteiger partial charge in [-0.3, -0.25) is 5.10 Å². The van der Waals surface area contributed by atoms with Crippen LogP contribution < -0.4 is 4.74 Å². The van der Waals surface area contributed by atoms with Crippen molar-refractivity contribution < 1.29 is 4.74 Å². The summed E-state index contributed by atoms with van der Waals surface area (Å²) in [5.41, 5.74) is 4.79. The van der Waals surface area contributed by atoms with Gasteiger partial charge in [-0.05, 0) is 48.9 Å². The lowest BCUT2D eigenvalue weighted by Gasteiger charge is -2.07. The number of pyridine rings is 1. The predicted octanol–water partition coefficient (Wildman–Crippen LogP) is 4.11. The molecule has 0 bridgehead atoms. The molecule has 0 aliphatic heterocycles. The first-order valence-corrected chi connectivity index (χ1v) is 6.87. The number of aromatic nitrogens is 3. The maximum Gasteiger partial charge on any atom is 0.130 e. The van der Waals surface area contributed by atoms with E-state index in [1.54, 1.807) is 13.3 Å². The van der Waals surface area contributed by atoms with E-state index < -0.39 is 0 Å². The number of H-pyrrole nitrogens is 1. The molecule has 0 saturated heterocycles. The van der Waals surface area contributed by atoms with E-state index in [-0.39, 0.29) is 0 Å². The number of nitrogens with zero attached hydrogens (tertiary/aromatic N) is 2. The Balaban J connectivity index is 2.07. The number of aromatic amines is 1. The third-order valence-corrected chi connectivity index (χ3v) is 3.49. The summed E-state index contributed by atoms with van der Waals surface area (Å²) in [5.74, 6) is 0.811. The van der Waals surface area contributed by atoms with Crippen molar-refractivity contribution in [2.45, 2.75) is 6.92 Å². The van der Waals surface area contributed by atoms with E-state index in [0.717, 1.165) is 33.8 Å². The van der Waals surface area contributed by atoms with Gasteiger partial charge in [0, 0.05) is 11.1 Å². The zero-order chi connectivity index (χ0) is 14.8. The zero-order valence-electron chi connectivity index (χ0n) is 11.7. The van der Waals surface area contributed by atoms with E-state index in [1.165, 1.54) is 0 Å². The number of aryl methyl sites for hydroxylation is 1. The maximum absolute atomic E-state index is 6.16. The topological polar surface area (TPSA) is 50.8 Å². The molecule has 0 spiro atoms. The quantitative estimate of drug-likeness (QED) is 0.740. The first-order valence-electron chi connectivity index (χ1n) is 6.50. The van der Waals surface area contributed by atoms with Crippen LogP contribution >= 0.6 is 11.6 Å². The molecule has 3 rings (SSSR count). The number of halogens is 1. The summed E-state index contributed by atoms with van der Waals surface area (Å²) < 4.78 is 5.17. The molecule has 1 N–H and O–H groups in total. The minimum Gasteiger partial charge on any atom is -0.497 e. The van der Waals surface area contributed by atoms with Crippen molar-refractivity contribution in [3.63, 3.8) is 0 Å². The van der Waals surface area contributed by atoms with Crippen LogP contribution in [0, 0.1) is 6.92 Å². The van der Waals surface area contributed by atoms with Gasteiger partial charge in [0.15, 0.2) is 0 Å². The molecular formula is C16H14ClN3O. The lowest BCUT2D eigenvalue weighted by Crippen LogP contribution is -1.89. The first kappa shape index (κ1) is 13.6. The highest BCUT2D eigenvalue weighted by Gasteiger charge is 2.09. The smallest absolute Gasteiger partial charge is 0.130 e. The van der Waals surface area contributed by atoms with Crippen LogP contribution in [0.4, 0.5) is 0 Å². The largest absolute Gasteiger partial charge is 0.497 e. The van der Waals surface area contributed by atoms with Crippen molar-refractivity contribution in [3.05, 3.63) is 53.3 Å². The second kappa shape index (κ2) is 5.58. The molecule has 0 aliphatic rings. The third kappa shape index (κ3) is 2.76. The van der Waals surface area contributed by atoms with E-state index >= 15 is 0 Å². The van der Waals surface area contributed by atoms with Crippen molar-refractivity contribution in [2.75, 3.05) is 7.11 Å². The average molecular weight is 300 g/mol. The second-order valence-corrected chi connectivity index (χ2v) is 5.11. The van der Waals surface area contributed by atoms with Crippen LogP contribution in [0.2, 0.25) is 5.15 Å². The SMILES string of the molecule is COc1ccc(-c2cc(-c3[nH]ncc3C)cc(Cl)n2)cc1. The van der Waals surface area contributed by atoms with Crippen molar-refractivity contribution in [1.29, 1.82) is 0 Å². The van der Waals surface area contributed by atoms with Gasteiger partial charge in [-0.2, -0.15) is 5.10 Å². The average Bonchev–Trinajstić information content (AvgIpc) is 2.93. The minimum atomic E-state index is 0.451. The van der Waals surface area contributed by atoms with Gasteiger partial charge in [0.25, 0.3) is 0 Å². The fraction of sp³-hybridized carbons (Fsp3) is 0.125. The first-order chi connectivity index (χ1) is 10.2. The highest BCUT2D eigenvalue weighted by molar-refractivity contribution is 6.29. The van der Waals surface area contributed by atoms with Crippen LogP contribution in [0.3, 0.4) is 0 Å². The number of hydrogen-bond acceptors (Lipinski definition) is 3. The Hall–Kier alpha value is -2.33. The van der Waals surface area contributed by atoms with Gasteiger partial charge >= 0.3 is 0 Å². The number of hydrogen-bond donors (Lipinski definition) is 1. The Morgan fingerprint density at radius 2 is 1.86 bits per heavy atom. The van der Waals surface area contributed by atoms with Gasteiger partial charge in [-0.15, -0.1) is 0 Å². The van der Waals surface area contributed by atoms with Gasteiger partial charge < -0.3 is 4.74 Å². The van der Waals surface area contributed by atoms with Crippen molar-refractivity contribution in [3.8, 4) is 28.3 Å². The number of benzene rings is 1. The lowest BCUT2D eigenvalue weighted by atomic mass is 10.1. The molecule has 0 radical (unpaired) electrons. The molecule has 2 aromatic heterocycles. The molecule has 0 aliphatic carbocycles. The third-order valence-electron chi connectivity index (χ3n) is 3.30. The van der Waals surface area contributed by atoms with Gasteiger partial charge in [0.05, 0.1) is 24.7 Å². The molecule has 2 heterocycles. The van der Waals surface area contributed by atoms with Crippen molar-refractivity contribution in [2.24, 2.45) is 0 Å². The highest BCUT2D eigenvalue weighted by Crippen LogP contribution is 2.29. The standard InChI is InChI=1S/C16H14ClN3O/c1-10-9-18-20-16(10)12-7-14(19-15(17)8-12)11-3-5-13(21-2)6-4-11/h3-9H,1-2H3,(H,18,20). The van der Waals surface area contributed by atoms with E-state index in [4.69, 9.17) is 16.3 Å². The van der Waals surface area contributed by atoms with Crippen LogP contribution in [-0.2, 0) is 0 Å². The monoisotopic (exact) mass is 299 g/mol. The van der Waals surface area contributed by atoms with Crippen LogP contribution in [0.15, 0.2) is 42.6 Å². The van der Waals surface area contributed by atoms with Crippen LogP contribution in [0.5, 0.6) is 5.75 Å². The molecule has 0 atom stereocenters. The van der Waals surface area contributed by atoms with Crippen LogP contribution in [0.25, 0.3) is 22.5 Å². The maximum atomic E-state index is 6.16. The molecule has 3 aromatic rings. The van der Waals surface area contributed by atoms with E-state index in [9.17, 15) is 0 Å². The summed E-state index contributed by atoms with van der Waals surface area (Å²) in [6.45, 7) is 2.00. The zero-order valence-corrected chi connectivity index (χ0v) is 12.5. The lowest BCUT2D eigenvalue weighted by molar-refractivity contribution is 0.415. The summed E-state index contributed by atoms with van der Waals surface area (Å²) in [6.07, 6.45) is 1.79. The molecule has 21 heavy (non-hydrogen) atoms. The van der Waals surface area contributed by atoms with Gasteiger partial charge in [-0.25, -0.2) is 4.98 Å². The van der Waals surface area contributed by atoms with Crippen LogP contribution in [-0.4, -0.2) is 22.3 Å². The summed E-state index contributed by atoms with van der Waals surface area (Å²) in [5, 5.41) is 7.49. The molecule has 0 unspecified atom stereocenters. The van der Waals surface area contributed by atoms with Crippen LogP contribution in [0.1, 0.15) is 5.56 Å². The molecule has 0 fully saturated rings. The van der Waals surface area contributed by atoms with E-state index in [0.29, 0.717) is 5.15 Å². The number of ether oxygens (including phenoxy) is 1. The van der Waals surface area contributed by atoms with Crippen molar-refractivity contribution in [1.82, 2.24) is 15.2 Å². The normalized spacial score (nSPS) is 10.6. The minimum absolute atomic E-state index is 0.451. The Kier molecular flexibility index (Phi) is 3.62. The number of nitrogens with one attached hydrogen (secondary N) is 1. The van der Waals surface area contributed by atoms with Gasteiger partial charge in [-0.1, -0.05) is 11.6 Å². The Morgan fingerprint density at radius 1 is 1.10 bits per heavy atom. The molecule has 5 heteroatoms. The number of rotatable bonds is 3. The molecule has 1 aromatic carbocycles. The molecule has 4 nitrogen and oxygen atoms in total. The van der Waals surface area contributed by atoms with E-state index in [2.05, 4.69) is 15.2 Å². The molecule has 0 saturated carbocycles. The fourth-order valence-corrected chi connectivity index (χ4v) is 2.40. The van der Waals surface area contributed by atoms with Gasteiger partial charge in [0.1, 0.15) is 10.9 Å². The van der Waals surface area contributed by atoms with Crippen molar-refractivity contribution >= 4 is 11.6 Å². The Morgan fingerprint density at radius 3 is 2.48 bits per heavy atom. The highest BCUT2D eigenvalue weighted by atomic mass is 35.5. The second-order valence-electron chi connectivity index (χ2n) is 4.72. The number of methoxy groups -OCH3 is 1. The molecular weight excluding hydrogens is 286 g/mol. The van der Waals surface area contributed by atoms with Gasteiger partial charge in [0.2, 0.25) is 0 Å². The predicted molar refractivity (Wildman–Crippen MR) is 83.6 cm³/mol. The summed E-state index contributed by atoms with van der Waals surface area (Å²) in [7, 11) is 1.64. The van der Waals surface area contributed by atoms with E-state index in [1.807, 2.05) is 43.3 Å². The summed E-state index contributed by atoms with van der Waals surface area (Å²) in [6, 6.07) is 11.5. The Labute approximate surface area is 127 Å². The summed E-state index contributed by atoms with van der Waals surface area (Å²) in [4.78, 5) is 4.39. The Bertz CT molecular complexity index is 765. The fourth-order valence-electron chi connectivity index (χ4n) is 2.19. The molecule has 0 amide bonds.